The van der Waals surface area contributed by atoms with Crippen molar-refractivity contribution < 1.29 is 10.3 Å². The third kappa shape index (κ3) is 4.24. The van der Waals surface area contributed by atoms with E-state index in [9.17, 15) is 4.79 Å². The average Bonchev–Trinajstić information content (AvgIpc) is 2.91. The van der Waals surface area contributed by atoms with E-state index in [0.29, 0.717) is 12.6 Å². The zero-order valence-corrected chi connectivity index (χ0v) is 13.3. The van der Waals surface area contributed by atoms with Crippen molar-refractivity contribution in [3.05, 3.63) is 30.0 Å². The molecule has 1 saturated carbocycles. The molecule has 6 heteroatoms. The van der Waals surface area contributed by atoms with Crippen molar-refractivity contribution in [2.75, 3.05) is 11.9 Å². The predicted octanol–water partition coefficient (Wildman–Crippen LogP) is 2.30. The first-order valence-corrected chi connectivity index (χ1v) is 8.14. The topological polar surface area (TPSA) is 114 Å². The summed E-state index contributed by atoms with van der Waals surface area (Å²) in [5.74, 6) is 0. The lowest BCUT2D eigenvalue weighted by atomic mass is 9.96. The number of nitrogens with two attached hydrogens (primary N) is 1. The van der Waals surface area contributed by atoms with E-state index in [0.717, 1.165) is 35.9 Å². The highest BCUT2D eigenvalue weighted by atomic mass is 16.2. The average molecular weight is 318 g/mol. The number of benzene rings is 1. The van der Waals surface area contributed by atoms with Gasteiger partial charge in [-0.1, -0.05) is 19.3 Å². The fourth-order valence-electron chi connectivity index (χ4n) is 3.22. The molecule has 0 aliphatic heterocycles. The maximum atomic E-state index is 12.1. The molecule has 7 N–H and O–H groups in total. The number of rotatable bonds is 4. The predicted molar refractivity (Wildman–Crippen MR) is 93.7 cm³/mol. The van der Waals surface area contributed by atoms with Gasteiger partial charge >= 0.3 is 6.03 Å². The molecule has 1 aromatic carbocycles. The number of hydrogen-bond donors (Lipinski definition) is 4. The number of hydrogen-bond acceptors (Lipinski definition) is 2. The van der Waals surface area contributed by atoms with Crippen LogP contribution in [-0.2, 0) is 6.42 Å². The van der Waals surface area contributed by atoms with Crippen LogP contribution in [0.1, 0.15) is 37.7 Å². The number of carbonyl (C=O) groups excluding carboxylic acids is 1. The summed E-state index contributed by atoms with van der Waals surface area (Å²) >= 11 is 0. The second-order valence-corrected chi connectivity index (χ2v) is 6.05. The Bertz CT molecular complexity index is 647. The monoisotopic (exact) mass is 318 g/mol. The van der Waals surface area contributed by atoms with E-state index in [1.807, 2.05) is 24.4 Å². The fourth-order valence-corrected chi connectivity index (χ4v) is 3.22. The Balaban J connectivity index is 0.00000192. The van der Waals surface area contributed by atoms with Crippen LogP contribution in [-0.4, -0.2) is 29.1 Å². The first-order valence-electron chi connectivity index (χ1n) is 8.14. The quantitative estimate of drug-likeness (QED) is 0.693. The van der Waals surface area contributed by atoms with Crippen LogP contribution in [0.15, 0.2) is 24.4 Å². The van der Waals surface area contributed by atoms with Gasteiger partial charge in [-0.25, -0.2) is 4.79 Å². The van der Waals surface area contributed by atoms with Crippen LogP contribution >= 0.6 is 0 Å². The first kappa shape index (κ1) is 17.3. The van der Waals surface area contributed by atoms with Crippen LogP contribution in [0.2, 0.25) is 0 Å². The number of amides is 2. The molecular formula is C17H26N4O2. The SMILES string of the molecule is NCCc1c[nH]c2ccc(NC(=O)NC3CCCCC3)cc12.O. The Hall–Kier alpha value is -2.05. The molecule has 1 aromatic heterocycles. The maximum absolute atomic E-state index is 12.1. The molecule has 6 nitrogen and oxygen atoms in total. The zero-order chi connectivity index (χ0) is 15.4. The van der Waals surface area contributed by atoms with Gasteiger partial charge < -0.3 is 26.8 Å². The minimum absolute atomic E-state index is 0. The van der Waals surface area contributed by atoms with Crippen LogP contribution in [0.5, 0.6) is 0 Å². The smallest absolute Gasteiger partial charge is 0.319 e. The number of urea groups is 1. The third-order valence-electron chi connectivity index (χ3n) is 4.38. The Kier molecular flexibility index (Phi) is 6.01. The Labute approximate surface area is 136 Å². The van der Waals surface area contributed by atoms with E-state index in [2.05, 4.69) is 15.6 Å². The van der Waals surface area contributed by atoms with E-state index < -0.39 is 0 Å². The molecule has 0 bridgehead atoms. The van der Waals surface area contributed by atoms with Crippen molar-refractivity contribution in [1.29, 1.82) is 0 Å². The Morgan fingerprint density at radius 3 is 2.78 bits per heavy atom. The van der Waals surface area contributed by atoms with E-state index in [1.165, 1.54) is 24.8 Å². The summed E-state index contributed by atoms with van der Waals surface area (Å²) in [6, 6.07) is 6.13. The molecule has 0 unspecified atom stereocenters. The van der Waals surface area contributed by atoms with Crippen molar-refractivity contribution in [3.8, 4) is 0 Å². The molecule has 1 aliphatic rings. The minimum atomic E-state index is -0.109. The number of aromatic amines is 1. The van der Waals surface area contributed by atoms with Gasteiger partial charge in [-0.3, -0.25) is 0 Å². The lowest BCUT2D eigenvalue weighted by Crippen LogP contribution is -2.38. The van der Waals surface area contributed by atoms with Crippen molar-refractivity contribution in [2.45, 2.75) is 44.6 Å². The molecule has 0 radical (unpaired) electrons. The number of aromatic nitrogens is 1. The molecule has 0 saturated heterocycles. The van der Waals surface area contributed by atoms with Gasteiger partial charge in [0.1, 0.15) is 0 Å². The Morgan fingerprint density at radius 1 is 1.26 bits per heavy atom. The summed E-state index contributed by atoms with van der Waals surface area (Å²) in [5.41, 5.74) is 8.72. The normalized spacial score (nSPS) is 15.2. The van der Waals surface area contributed by atoms with E-state index >= 15 is 0 Å². The molecule has 0 atom stereocenters. The van der Waals surface area contributed by atoms with Crippen LogP contribution in [0, 0.1) is 0 Å². The zero-order valence-electron chi connectivity index (χ0n) is 13.3. The second kappa shape index (κ2) is 7.99. The van der Waals surface area contributed by atoms with Crippen LogP contribution in [0.3, 0.4) is 0 Å². The lowest BCUT2D eigenvalue weighted by Gasteiger charge is -2.22. The van der Waals surface area contributed by atoms with Gasteiger partial charge in [0.15, 0.2) is 0 Å². The standard InChI is InChI=1S/C17H24N4O.H2O/c18-9-8-12-11-19-16-7-6-14(10-15(12)16)21-17(22)20-13-4-2-1-3-5-13;/h6-7,10-11,13,19H,1-5,8-9,18H2,(H2,20,21,22);1H2. The first-order chi connectivity index (χ1) is 10.8. The lowest BCUT2D eigenvalue weighted by molar-refractivity contribution is 0.244. The van der Waals surface area contributed by atoms with E-state index in [-0.39, 0.29) is 11.5 Å². The van der Waals surface area contributed by atoms with Crippen molar-refractivity contribution in [1.82, 2.24) is 10.3 Å². The molecular weight excluding hydrogens is 292 g/mol. The number of nitrogens with one attached hydrogen (secondary N) is 3. The van der Waals surface area contributed by atoms with Gasteiger partial charge in [-0.05, 0) is 49.6 Å². The molecule has 2 aromatic rings. The summed E-state index contributed by atoms with van der Waals surface area (Å²) in [7, 11) is 0. The molecule has 23 heavy (non-hydrogen) atoms. The highest BCUT2D eigenvalue weighted by Gasteiger charge is 2.15. The number of H-pyrrole nitrogens is 1. The third-order valence-corrected chi connectivity index (χ3v) is 4.38. The summed E-state index contributed by atoms with van der Waals surface area (Å²) in [5, 5.41) is 7.14. The van der Waals surface area contributed by atoms with Gasteiger partial charge in [0, 0.05) is 28.8 Å². The molecule has 1 aliphatic carbocycles. The van der Waals surface area contributed by atoms with Crippen LogP contribution in [0.4, 0.5) is 10.5 Å². The van der Waals surface area contributed by atoms with Crippen molar-refractivity contribution >= 4 is 22.6 Å². The van der Waals surface area contributed by atoms with Gasteiger partial charge in [0.2, 0.25) is 0 Å². The van der Waals surface area contributed by atoms with E-state index in [4.69, 9.17) is 5.73 Å². The molecule has 1 fully saturated rings. The highest BCUT2D eigenvalue weighted by molar-refractivity contribution is 5.93. The van der Waals surface area contributed by atoms with E-state index in [1.54, 1.807) is 0 Å². The van der Waals surface area contributed by atoms with Gasteiger partial charge in [-0.2, -0.15) is 0 Å². The number of fused-ring (bicyclic) bond motifs is 1. The second-order valence-electron chi connectivity index (χ2n) is 6.05. The number of anilines is 1. The highest BCUT2D eigenvalue weighted by Crippen LogP contribution is 2.23. The summed E-state index contributed by atoms with van der Waals surface area (Å²) in [4.78, 5) is 15.4. The maximum Gasteiger partial charge on any atom is 0.319 e. The molecule has 1 heterocycles. The van der Waals surface area contributed by atoms with Crippen molar-refractivity contribution in [3.63, 3.8) is 0 Å². The van der Waals surface area contributed by atoms with Gasteiger partial charge in [0.25, 0.3) is 0 Å². The molecule has 0 spiro atoms. The minimum Gasteiger partial charge on any atom is -0.412 e. The molecule has 126 valence electrons. The van der Waals surface area contributed by atoms with Gasteiger partial charge in [0.05, 0.1) is 0 Å². The van der Waals surface area contributed by atoms with Gasteiger partial charge in [-0.15, -0.1) is 0 Å². The van der Waals surface area contributed by atoms with Crippen molar-refractivity contribution in [2.24, 2.45) is 5.73 Å². The molecule has 2 amide bonds. The van der Waals surface area contributed by atoms with Crippen LogP contribution in [0.25, 0.3) is 10.9 Å². The summed E-state index contributed by atoms with van der Waals surface area (Å²) in [6.45, 7) is 0.618. The fraction of sp³-hybridized carbons (Fsp3) is 0.471. The van der Waals surface area contributed by atoms with Crippen LogP contribution < -0.4 is 16.4 Å². The molecule has 3 rings (SSSR count). The largest absolute Gasteiger partial charge is 0.412 e. The summed E-state index contributed by atoms with van der Waals surface area (Å²) in [6.07, 6.45) is 8.70. The Morgan fingerprint density at radius 2 is 2.04 bits per heavy atom. The summed E-state index contributed by atoms with van der Waals surface area (Å²) < 4.78 is 0. The number of carbonyl (C=O) groups is 1.